The third-order valence-corrected chi connectivity index (χ3v) is 2.46. The molecule has 0 fully saturated rings. The van der Waals surface area contributed by atoms with E-state index < -0.39 is 17.4 Å². The van der Waals surface area contributed by atoms with Crippen molar-refractivity contribution in [3.8, 4) is 11.8 Å². The first-order chi connectivity index (χ1) is 9.20. The number of hydrogen-bond donors (Lipinski definition) is 0. The molecule has 2 aromatic rings. The predicted molar refractivity (Wildman–Crippen MR) is 64.5 cm³/mol. The van der Waals surface area contributed by atoms with Crippen molar-refractivity contribution in [2.45, 2.75) is 6.42 Å². The number of rotatable bonds is 4. The highest BCUT2D eigenvalue weighted by Crippen LogP contribution is 2.23. The minimum atomic E-state index is -0.877. The third kappa shape index (κ3) is 3.26. The second-order valence-corrected chi connectivity index (χ2v) is 3.80. The van der Waals surface area contributed by atoms with E-state index in [-0.39, 0.29) is 12.2 Å². The summed E-state index contributed by atoms with van der Waals surface area (Å²) in [6.07, 6.45) is 2.08. The van der Waals surface area contributed by atoms with Crippen molar-refractivity contribution in [1.82, 2.24) is 4.98 Å². The number of aromatic nitrogens is 1. The van der Waals surface area contributed by atoms with Gasteiger partial charge in [0.25, 0.3) is 0 Å². The van der Waals surface area contributed by atoms with Gasteiger partial charge in [-0.2, -0.15) is 5.26 Å². The van der Waals surface area contributed by atoms with Crippen molar-refractivity contribution >= 4 is 0 Å². The van der Waals surface area contributed by atoms with Gasteiger partial charge in [-0.25, -0.2) is 8.78 Å². The largest absolute Gasteiger partial charge is 0.487 e. The minimum Gasteiger partial charge on any atom is -0.487 e. The van der Waals surface area contributed by atoms with Gasteiger partial charge in [-0.05, 0) is 24.3 Å². The Morgan fingerprint density at radius 1 is 1.21 bits per heavy atom. The lowest BCUT2D eigenvalue weighted by Crippen LogP contribution is -2.05. The van der Waals surface area contributed by atoms with Gasteiger partial charge >= 0.3 is 0 Å². The number of nitrogens with zero attached hydrogens (tertiary/aromatic N) is 2. The molecule has 0 radical (unpaired) electrons. The molecule has 0 atom stereocenters. The number of hydrogen-bond acceptors (Lipinski definition) is 3. The Labute approximate surface area is 109 Å². The molecule has 1 aromatic heterocycles. The molecule has 0 aliphatic heterocycles. The molecule has 0 saturated heterocycles. The molecule has 0 bridgehead atoms. The summed E-state index contributed by atoms with van der Waals surface area (Å²) in [6, 6.07) is 8.97. The maximum Gasteiger partial charge on any atom is 0.190 e. The van der Waals surface area contributed by atoms with Crippen LogP contribution in [0.5, 0.6) is 5.75 Å². The first kappa shape index (κ1) is 13.0. The van der Waals surface area contributed by atoms with Crippen LogP contribution in [0.2, 0.25) is 0 Å². The quantitative estimate of drug-likeness (QED) is 0.849. The molecule has 96 valence electrons. The molecule has 0 spiro atoms. The van der Waals surface area contributed by atoms with Crippen LogP contribution in [0.15, 0.2) is 36.5 Å². The van der Waals surface area contributed by atoms with Crippen molar-refractivity contribution in [2.75, 3.05) is 6.61 Å². The number of pyridine rings is 1. The van der Waals surface area contributed by atoms with Crippen LogP contribution in [-0.4, -0.2) is 11.6 Å². The molecular weight excluding hydrogens is 250 g/mol. The van der Waals surface area contributed by atoms with Gasteiger partial charge in [0, 0.05) is 18.3 Å². The lowest BCUT2D eigenvalue weighted by atomic mass is 10.2. The highest BCUT2D eigenvalue weighted by Gasteiger charge is 2.12. The average molecular weight is 260 g/mol. The van der Waals surface area contributed by atoms with Gasteiger partial charge in [0.1, 0.15) is 0 Å². The van der Waals surface area contributed by atoms with Crippen LogP contribution >= 0.6 is 0 Å². The number of ether oxygens (including phenoxy) is 1. The summed E-state index contributed by atoms with van der Waals surface area (Å²) in [6.45, 7) is 0.108. The molecule has 1 aromatic carbocycles. The third-order valence-electron chi connectivity index (χ3n) is 2.46. The number of nitriles is 1. The molecule has 3 nitrogen and oxygen atoms in total. The maximum absolute atomic E-state index is 13.5. The van der Waals surface area contributed by atoms with Gasteiger partial charge in [-0.1, -0.05) is 6.07 Å². The standard InChI is InChI=1S/C14H10F2N2O/c15-12-7-10(9-17)8-13(16)14(12)19-6-4-11-3-1-2-5-18-11/h1-3,5,7-8H,4,6H2. The first-order valence-corrected chi connectivity index (χ1v) is 5.62. The van der Waals surface area contributed by atoms with E-state index in [0.29, 0.717) is 6.42 Å². The summed E-state index contributed by atoms with van der Waals surface area (Å²) in [5.74, 6) is -2.22. The van der Waals surface area contributed by atoms with E-state index in [1.807, 2.05) is 6.07 Å². The summed E-state index contributed by atoms with van der Waals surface area (Å²) in [7, 11) is 0. The molecule has 1 heterocycles. The van der Waals surface area contributed by atoms with Crippen molar-refractivity contribution in [1.29, 1.82) is 5.26 Å². The molecule has 0 aliphatic rings. The molecule has 19 heavy (non-hydrogen) atoms. The van der Waals surface area contributed by atoms with Crippen LogP contribution in [0, 0.1) is 23.0 Å². The van der Waals surface area contributed by atoms with E-state index in [4.69, 9.17) is 10.00 Å². The molecule has 0 aliphatic carbocycles. The zero-order valence-corrected chi connectivity index (χ0v) is 9.94. The maximum atomic E-state index is 13.5. The highest BCUT2D eigenvalue weighted by molar-refractivity contribution is 5.37. The van der Waals surface area contributed by atoms with Gasteiger partial charge < -0.3 is 4.74 Å². The fraction of sp³-hybridized carbons (Fsp3) is 0.143. The van der Waals surface area contributed by atoms with Gasteiger partial charge in [0.15, 0.2) is 17.4 Å². The van der Waals surface area contributed by atoms with E-state index in [2.05, 4.69) is 4.98 Å². The lowest BCUT2D eigenvalue weighted by molar-refractivity contribution is 0.287. The van der Waals surface area contributed by atoms with Gasteiger partial charge in [0.2, 0.25) is 0 Å². The Morgan fingerprint density at radius 3 is 2.53 bits per heavy atom. The van der Waals surface area contributed by atoms with Crippen molar-refractivity contribution < 1.29 is 13.5 Å². The molecule has 0 amide bonds. The lowest BCUT2D eigenvalue weighted by Gasteiger charge is -2.08. The topological polar surface area (TPSA) is 45.9 Å². The normalized spacial score (nSPS) is 9.95. The van der Waals surface area contributed by atoms with Gasteiger partial charge in [0.05, 0.1) is 18.2 Å². The Hall–Kier alpha value is -2.48. The van der Waals surface area contributed by atoms with Crippen LogP contribution in [0.25, 0.3) is 0 Å². The highest BCUT2D eigenvalue weighted by atomic mass is 19.1. The predicted octanol–water partition coefficient (Wildman–Crippen LogP) is 2.85. The molecular formula is C14H10F2N2O. The molecule has 0 N–H and O–H groups in total. The van der Waals surface area contributed by atoms with Gasteiger partial charge in [-0.15, -0.1) is 0 Å². The van der Waals surface area contributed by atoms with Crippen LogP contribution < -0.4 is 4.74 Å². The second-order valence-electron chi connectivity index (χ2n) is 3.80. The Bertz CT molecular complexity index is 586. The summed E-state index contributed by atoms with van der Waals surface area (Å²) >= 11 is 0. The van der Waals surface area contributed by atoms with Crippen molar-refractivity contribution in [3.05, 3.63) is 59.4 Å². The Balaban J connectivity index is 2.02. The molecule has 0 unspecified atom stereocenters. The zero-order valence-electron chi connectivity index (χ0n) is 9.94. The minimum absolute atomic E-state index is 0.0768. The average Bonchev–Trinajstić information content (AvgIpc) is 2.42. The van der Waals surface area contributed by atoms with Crippen LogP contribution in [0.4, 0.5) is 8.78 Å². The van der Waals surface area contributed by atoms with Crippen molar-refractivity contribution in [3.63, 3.8) is 0 Å². The molecule has 0 saturated carbocycles. The summed E-state index contributed by atoms with van der Waals surface area (Å²) < 4.78 is 32.1. The van der Waals surface area contributed by atoms with E-state index in [0.717, 1.165) is 17.8 Å². The Morgan fingerprint density at radius 2 is 1.95 bits per heavy atom. The summed E-state index contributed by atoms with van der Waals surface area (Å²) in [5.41, 5.74) is 0.698. The summed E-state index contributed by atoms with van der Waals surface area (Å²) in [4.78, 5) is 4.07. The van der Waals surface area contributed by atoms with Gasteiger partial charge in [-0.3, -0.25) is 4.98 Å². The van der Waals surface area contributed by atoms with E-state index in [1.54, 1.807) is 24.4 Å². The molecule has 2 rings (SSSR count). The SMILES string of the molecule is N#Cc1cc(F)c(OCCc2ccccn2)c(F)c1. The van der Waals surface area contributed by atoms with E-state index in [9.17, 15) is 8.78 Å². The van der Waals surface area contributed by atoms with Crippen molar-refractivity contribution in [2.24, 2.45) is 0 Å². The fourth-order valence-electron chi connectivity index (χ4n) is 1.57. The van der Waals surface area contributed by atoms with E-state index in [1.165, 1.54) is 0 Å². The molecule has 5 heteroatoms. The first-order valence-electron chi connectivity index (χ1n) is 5.62. The fourth-order valence-corrected chi connectivity index (χ4v) is 1.57. The zero-order chi connectivity index (χ0) is 13.7. The number of benzene rings is 1. The summed E-state index contributed by atoms with van der Waals surface area (Å²) in [5, 5.41) is 8.57. The van der Waals surface area contributed by atoms with Crippen LogP contribution in [0.1, 0.15) is 11.3 Å². The smallest absolute Gasteiger partial charge is 0.190 e. The van der Waals surface area contributed by atoms with Crippen LogP contribution in [-0.2, 0) is 6.42 Å². The number of halogens is 2. The Kier molecular flexibility index (Phi) is 4.04. The van der Waals surface area contributed by atoms with E-state index >= 15 is 0 Å². The van der Waals surface area contributed by atoms with Crippen LogP contribution in [0.3, 0.4) is 0 Å². The monoisotopic (exact) mass is 260 g/mol. The second kappa shape index (κ2) is 5.91.